The maximum absolute atomic E-state index is 11.9. The SMILES string of the molecule is CC(C)(CC(=O)O)CC(=O)Nc1ccc(C#N)cc1Cl. The van der Waals surface area contributed by atoms with E-state index in [2.05, 4.69) is 5.32 Å². The predicted octanol–water partition coefficient (Wildman–Crippen LogP) is 3.04. The number of hydrogen-bond donors (Lipinski definition) is 2. The van der Waals surface area contributed by atoms with Crippen LogP contribution in [0.15, 0.2) is 18.2 Å². The van der Waals surface area contributed by atoms with Gasteiger partial charge in [-0.25, -0.2) is 0 Å². The zero-order valence-electron chi connectivity index (χ0n) is 11.2. The van der Waals surface area contributed by atoms with Crippen LogP contribution in [-0.2, 0) is 9.59 Å². The van der Waals surface area contributed by atoms with Crippen molar-refractivity contribution in [3.63, 3.8) is 0 Å². The Hall–Kier alpha value is -2.06. The third-order valence-corrected chi connectivity index (χ3v) is 2.95. The number of nitrogens with one attached hydrogen (secondary N) is 1. The number of carboxylic acid groups (broad SMARTS) is 1. The van der Waals surface area contributed by atoms with E-state index in [-0.39, 0.29) is 23.8 Å². The largest absolute Gasteiger partial charge is 0.481 e. The summed E-state index contributed by atoms with van der Waals surface area (Å²) in [4.78, 5) is 22.6. The number of benzene rings is 1. The van der Waals surface area contributed by atoms with Crippen LogP contribution in [0.5, 0.6) is 0 Å². The van der Waals surface area contributed by atoms with Gasteiger partial charge in [0.25, 0.3) is 0 Å². The predicted molar refractivity (Wildman–Crippen MR) is 75.4 cm³/mol. The number of halogens is 1. The monoisotopic (exact) mass is 294 g/mol. The maximum atomic E-state index is 11.9. The Kier molecular flexibility index (Phi) is 5.12. The molecule has 1 aromatic carbocycles. The standard InChI is InChI=1S/C14H15ClN2O3/c1-14(2,7-13(19)20)6-12(18)17-11-4-3-9(8-16)5-10(11)15/h3-5H,6-7H2,1-2H3,(H,17,18)(H,19,20). The van der Waals surface area contributed by atoms with Gasteiger partial charge in [-0.15, -0.1) is 0 Å². The van der Waals surface area contributed by atoms with Crippen LogP contribution in [0.2, 0.25) is 5.02 Å². The van der Waals surface area contributed by atoms with E-state index in [1.54, 1.807) is 26.0 Å². The molecule has 0 saturated carbocycles. The summed E-state index contributed by atoms with van der Waals surface area (Å²) in [6.07, 6.45) is -0.0306. The summed E-state index contributed by atoms with van der Waals surface area (Å²) < 4.78 is 0. The van der Waals surface area contributed by atoms with Gasteiger partial charge in [0.2, 0.25) is 5.91 Å². The average Bonchev–Trinajstić information content (AvgIpc) is 2.29. The first-order chi connectivity index (χ1) is 9.23. The van der Waals surface area contributed by atoms with Gasteiger partial charge in [-0.05, 0) is 23.6 Å². The third kappa shape index (κ3) is 4.90. The molecule has 6 heteroatoms. The summed E-state index contributed by atoms with van der Waals surface area (Å²) in [5.41, 5.74) is 0.163. The van der Waals surface area contributed by atoms with Crippen molar-refractivity contribution >= 4 is 29.2 Å². The number of nitrogens with zero attached hydrogens (tertiary/aromatic N) is 1. The summed E-state index contributed by atoms with van der Waals surface area (Å²) in [5.74, 6) is -1.26. The molecule has 0 spiro atoms. The molecule has 0 radical (unpaired) electrons. The number of carbonyl (C=O) groups is 2. The van der Waals surface area contributed by atoms with Gasteiger partial charge in [0.05, 0.1) is 28.8 Å². The van der Waals surface area contributed by atoms with E-state index in [9.17, 15) is 9.59 Å². The molecule has 0 aliphatic rings. The molecule has 0 aliphatic carbocycles. The Morgan fingerprint density at radius 1 is 1.40 bits per heavy atom. The zero-order valence-corrected chi connectivity index (χ0v) is 12.0. The van der Waals surface area contributed by atoms with Crippen LogP contribution >= 0.6 is 11.6 Å². The average molecular weight is 295 g/mol. The smallest absolute Gasteiger partial charge is 0.303 e. The fourth-order valence-electron chi connectivity index (χ4n) is 1.79. The van der Waals surface area contributed by atoms with Gasteiger partial charge >= 0.3 is 5.97 Å². The molecule has 1 amide bonds. The first-order valence-electron chi connectivity index (χ1n) is 5.95. The normalized spacial score (nSPS) is 10.7. The van der Waals surface area contributed by atoms with Crippen molar-refractivity contribution in [1.29, 1.82) is 5.26 Å². The van der Waals surface area contributed by atoms with Gasteiger partial charge in [0.1, 0.15) is 0 Å². The number of carbonyl (C=O) groups excluding carboxylic acids is 1. The van der Waals surface area contributed by atoms with Crippen LogP contribution in [0.3, 0.4) is 0 Å². The van der Waals surface area contributed by atoms with Gasteiger partial charge < -0.3 is 10.4 Å². The van der Waals surface area contributed by atoms with Crippen LogP contribution in [-0.4, -0.2) is 17.0 Å². The maximum Gasteiger partial charge on any atom is 0.303 e. The summed E-state index contributed by atoms with van der Waals surface area (Å²) >= 11 is 5.95. The van der Waals surface area contributed by atoms with E-state index in [0.717, 1.165) is 0 Å². The first-order valence-corrected chi connectivity index (χ1v) is 6.32. The van der Waals surface area contributed by atoms with Gasteiger partial charge in [0.15, 0.2) is 0 Å². The molecule has 20 heavy (non-hydrogen) atoms. The molecule has 2 N–H and O–H groups in total. The van der Waals surface area contributed by atoms with E-state index < -0.39 is 11.4 Å². The van der Waals surface area contributed by atoms with Gasteiger partial charge in [0, 0.05) is 6.42 Å². The lowest BCUT2D eigenvalue weighted by atomic mass is 9.85. The molecule has 0 aliphatic heterocycles. The minimum Gasteiger partial charge on any atom is -0.481 e. The van der Waals surface area contributed by atoms with Crippen LogP contribution < -0.4 is 5.32 Å². The summed E-state index contributed by atoms with van der Waals surface area (Å²) in [5, 5.41) is 20.4. The quantitative estimate of drug-likeness (QED) is 0.873. The molecule has 0 fully saturated rings. The van der Waals surface area contributed by atoms with Crippen molar-refractivity contribution < 1.29 is 14.7 Å². The highest BCUT2D eigenvalue weighted by atomic mass is 35.5. The van der Waals surface area contributed by atoms with E-state index in [4.69, 9.17) is 22.0 Å². The second-order valence-corrected chi connectivity index (χ2v) is 5.67. The molecule has 1 aromatic rings. The van der Waals surface area contributed by atoms with Crippen LogP contribution in [0.1, 0.15) is 32.3 Å². The molecule has 1 rings (SSSR count). The second kappa shape index (κ2) is 6.40. The van der Waals surface area contributed by atoms with Crippen LogP contribution in [0.4, 0.5) is 5.69 Å². The zero-order chi connectivity index (χ0) is 15.3. The number of carboxylic acids is 1. The topological polar surface area (TPSA) is 90.2 Å². The lowest BCUT2D eigenvalue weighted by Crippen LogP contribution is -2.24. The molecule has 0 bridgehead atoms. The number of aliphatic carboxylic acids is 1. The summed E-state index contributed by atoms with van der Waals surface area (Å²) in [7, 11) is 0. The van der Waals surface area contributed by atoms with E-state index in [1.807, 2.05) is 6.07 Å². The lowest BCUT2D eigenvalue weighted by Gasteiger charge is -2.21. The minimum absolute atomic E-state index is 0.0651. The minimum atomic E-state index is -0.945. The first kappa shape index (κ1) is 16.0. The van der Waals surface area contributed by atoms with Gasteiger partial charge in [-0.1, -0.05) is 25.4 Å². The van der Waals surface area contributed by atoms with Crippen molar-refractivity contribution in [2.75, 3.05) is 5.32 Å². The number of rotatable bonds is 5. The fraction of sp³-hybridized carbons (Fsp3) is 0.357. The number of amides is 1. The van der Waals surface area contributed by atoms with Crippen molar-refractivity contribution in [2.24, 2.45) is 5.41 Å². The third-order valence-electron chi connectivity index (χ3n) is 2.64. The summed E-state index contributed by atoms with van der Waals surface area (Å²) in [6.45, 7) is 3.42. The van der Waals surface area contributed by atoms with Crippen molar-refractivity contribution in [2.45, 2.75) is 26.7 Å². The van der Waals surface area contributed by atoms with E-state index in [1.165, 1.54) is 6.07 Å². The molecule has 0 heterocycles. The fourth-order valence-corrected chi connectivity index (χ4v) is 2.01. The van der Waals surface area contributed by atoms with Crippen molar-refractivity contribution in [3.8, 4) is 6.07 Å². The van der Waals surface area contributed by atoms with Gasteiger partial charge in [-0.3, -0.25) is 9.59 Å². The van der Waals surface area contributed by atoms with E-state index >= 15 is 0 Å². The highest BCUT2D eigenvalue weighted by molar-refractivity contribution is 6.33. The number of anilines is 1. The lowest BCUT2D eigenvalue weighted by molar-refractivity contribution is -0.139. The van der Waals surface area contributed by atoms with Gasteiger partial charge in [-0.2, -0.15) is 5.26 Å². The van der Waals surface area contributed by atoms with E-state index in [0.29, 0.717) is 11.3 Å². The molecular formula is C14H15ClN2O3. The Bertz CT molecular complexity index is 576. The number of hydrogen-bond acceptors (Lipinski definition) is 3. The van der Waals surface area contributed by atoms with Crippen molar-refractivity contribution in [1.82, 2.24) is 0 Å². The van der Waals surface area contributed by atoms with Crippen molar-refractivity contribution in [3.05, 3.63) is 28.8 Å². The highest BCUT2D eigenvalue weighted by Crippen LogP contribution is 2.27. The van der Waals surface area contributed by atoms with Crippen LogP contribution in [0.25, 0.3) is 0 Å². The molecule has 0 unspecified atom stereocenters. The second-order valence-electron chi connectivity index (χ2n) is 5.27. The Labute approximate surface area is 122 Å². The highest BCUT2D eigenvalue weighted by Gasteiger charge is 2.25. The Balaban J connectivity index is 2.72. The molecule has 5 nitrogen and oxygen atoms in total. The number of nitriles is 1. The Morgan fingerprint density at radius 3 is 2.55 bits per heavy atom. The van der Waals surface area contributed by atoms with Crippen LogP contribution in [0, 0.1) is 16.7 Å². The molecule has 0 atom stereocenters. The molecule has 106 valence electrons. The Morgan fingerprint density at radius 2 is 2.05 bits per heavy atom. The molecule has 0 aromatic heterocycles. The summed E-state index contributed by atoms with van der Waals surface area (Å²) in [6, 6.07) is 6.49. The molecular weight excluding hydrogens is 280 g/mol. The molecule has 0 saturated heterocycles.